The van der Waals surface area contributed by atoms with Gasteiger partial charge in [0.15, 0.2) is 0 Å². The average Bonchev–Trinajstić information content (AvgIpc) is 2.39. The minimum Gasteiger partial charge on any atom is -0.384 e. The molecule has 1 heterocycles. The van der Waals surface area contributed by atoms with Crippen LogP contribution in [0.15, 0.2) is 42.2 Å². The molecular formula is C17H23NO2. The average molecular weight is 273 g/mol. The highest BCUT2D eigenvalue weighted by Crippen LogP contribution is 2.34. The van der Waals surface area contributed by atoms with Gasteiger partial charge in [-0.05, 0) is 38.3 Å². The van der Waals surface area contributed by atoms with E-state index in [0.29, 0.717) is 0 Å². The van der Waals surface area contributed by atoms with Gasteiger partial charge in [-0.3, -0.25) is 4.79 Å². The van der Waals surface area contributed by atoms with Gasteiger partial charge in [0.2, 0.25) is 0 Å². The van der Waals surface area contributed by atoms with Crippen LogP contribution in [0.25, 0.3) is 0 Å². The molecule has 0 saturated heterocycles. The molecule has 0 bridgehead atoms. The Balaban J connectivity index is 2.33. The highest BCUT2D eigenvalue weighted by atomic mass is 16.7. The van der Waals surface area contributed by atoms with E-state index in [-0.39, 0.29) is 17.4 Å². The molecule has 1 amide bonds. The summed E-state index contributed by atoms with van der Waals surface area (Å²) in [5.41, 5.74) is 1.67. The number of carbonyl (C=O) groups is 1. The van der Waals surface area contributed by atoms with Crippen LogP contribution in [-0.4, -0.2) is 16.5 Å². The topological polar surface area (TPSA) is 29.5 Å². The van der Waals surface area contributed by atoms with Gasteiger partial charge in [0, 0.05) is 0 Å². The number of hydrogen-bond donors (Lipinski definition) is 0. The first-order valence-corrected chi connectivity index (χ1v) is 7.20. The molecule has 0 aromatic heterocycles. The molecule has 3 nitrogen and oxygen atoms in total. The van der Waals surface area contributed by atoms with Crippen molar-refractivity contribution in [2.24, 2.45) is 0 Å². The molecule has 1 aliphatic rings. The number of hydroxylamine groups is 2. The van der Waals surface area contributed by atoms with Crippen LogP contribution in [0.5, 0.6) is 0 Å². The van der Waals surface area contributed by atoms with Crippen molar-refractivity contribution in [3.8, 4) is 0 Å². The number of carbonyl (C=O) groups excluding carboxylic acids is 1. The number of hydrogen-bond acceptors (Lipinski definition) is 2. The summed E-state index contributed by atoms with van der Waals surface area (Å²) < 4.78 is 0. The third-order valence-corrected chi connectivity index (χ3v) is 3.79. The van der Waals surface area contributed by atoms with Crippen molar-refractivity contribution < 1.29 is 9.63 Å². The predicted octanol–water partition coefficient (Wildman–Crippen LogP) is 4.03. The van der Waals surface area contributed by atoms with Crippen LogP contribution >= 0.6 is 0 Å². The quantitative estimate of drug-likeness (QED) is 0.829. The van der Waals surface area contributed by atoms with Gasteiger partial charge in [-0.2, -0.15) is 5.06 Å². The van der Waals surface area contributed by atoms with Crippen LogP contribution in [0.4, 0.5) is 0 Å². The Labute approximate surface area is 121 Å². The molecule has 1 aliphatic heterocycles. The monoisotopic (exact) mass is 273 g/mol. The first-order valence-electron chi connectivity index (χ1n) is 7.20. The van der Waals surface area contributed by atoms with Crippen LogP contribution in [-0.2, 0) is 9.63 Å². The molecule has 0 saturated carbocycles. The van der Waals surface area contributed by atoms with Gasteiger partial charge < -0.3 is 4.84 Å². The molecule has 0 N–H and O–H groups in total. The summed E-state index contributed by atoms with van der Waals surface area (Å²) in [7, 11) is 0. The fourth-order valence-electron chi connectivity index (χ4n) is 2.77. The number of rotatable bonds is 4. The maximum absolute atomic E-state index is 12.8. The second-order valence-electron chi connectivity index (χ2n) is 6.01. The van der Waals surface area contributed by atoms with Gasteiger partial charge in [-0.15, -0.1) is 0 Å². The Morgan fingerprint density at radius 2 is 1.90 bits per heavy atom. The van der Waals surface area contributed by atoms with E-state index in [9.17, 15) is 4.79 Å². The lowest BCUT2D eigenvalue weighted by Crippen LogP contribution is -2.50. The molecule has 0 spiro atoms. The molecule has 1 atom stereocenters. The van der Waals surface area contributed by atoms with Gasteiger partial charge in [0.1, 0.15) is 6.26 Å². The zero-order chi connectivity index (χ0) is 14.8. The van der Waals surface area contributed by atoms with Crippen LogP contribution in [0.2, 0.25) is 0 Å². The lowest BCUT2D eigenvalue weighted by atomic mass is 9.88. The lowest BCUT2D eigenvalue weighted by molar-refractivity contribution is -0.199. The third kappa shape index (κ3) is 2.72. The SMILES string of the molecule is CCCC(C)(C)N1OC=C(C)C(c2ccccc2)C1=O. The van der Waals surface area contributed by atoms with Gasteiger partial charge in [0.05, 0.1) is 11.5 Å². The zero-order valence-corrected chi connectivity index (χ0v) is 12.7. The van der Waals surface area contributed by atoms with Gasteiger partial charge >= 0.3 is 0 Å². The Bertz CT molecular complexity index is 505. The van der Waals surface area contributed by atoms with E-state index in [2.05, 4.69) is 6.92 Å². The standard InChI is InChI=1S/C17H23NO2/c1-5-11-17(3,4)18-16(19)15(13(2)12-20-18)14-9-7-6-8-10-14/h6-10,12,15H,5,11H2,1-4H3. The van der Waals surface area contributed by atoms with Crippen LogP contribution < -0.4 is 0 Å². The van der Waals surface area contributed by atoms with E-state index in [1.807, 2.05) is 51.1 Å². The summed E-state index contributed by atoms with van der Waals surface area (Å²) in [4.78, 5) is 18.4. The Kier molecular flexibility index (Phi) is 4.17. The second-order valence-corrected chi connectivity index (χ2v) is 6.01. The molecule has 0 fully saturated rings. The van der Waals surface area contributed by atoms with Gasteiger partial charge in [-0.1, -0.05) is 43.7 Å². The van der Waals surface area contributed by atoms with E-state index in [1.54, 1.807) is 11.3 Å². The second kappa shape index (κ2) is 5.70. The van der Waals surface area contributed by atoms with E-state index < -0.39 is 0 Å². The molecular weight excluding hydrogens is 250 g/mol. The highest BCUT2D eigenvalue weighted by molar-refractivity contribution is 5.87. The van der Waals surface area contributed by atoms with Gasteiger partial charge in [0.25, 0.3) is 5.91 Å². The van der Waals surface area contributed by atoms with Crippen molar-refractivity contribution in [3.05, 3.63) is 47.7 Å². The normalized spacial score (nSPS) is 19.6. The minimum absolute atomic E-state index is 0.0228. The van der Waals surface area contributed by atoms with Crippen molar-refractivity contribution in [1.82, 2.24) is 5.06 Å². The van der Waals surface area contributed by atoms with E-state index in [4.69, 9.17) is 4.84 Å². The summed E-state index contributed by atoms with van der Waals surface area (Å²) in [5, 5.41) is 1.54. The summed E-state index contributed by atoms with van der Waals surface area (Å²) in [6.07, 6.45) is 3.63. The molecule has 1 aromatic rings. The van der Waals surface area contributed by atoms with Crippen molar-refractivity contribution in [3.63, 3.8) is 0 Å². The smallest absolute Gasteiger partial charge is 0.267 e. The third-order valence-electron chi connectivity index (χ3n) is 3.79. The van der Waals surface area contributed by atoms with Crippen molar-refractivity contribution >= 4 is 5.91 Å². The lowest BCUT2D eigenvalue weighted by Gasteiger charge is -2.40. The molecule has 3 heteroatoms. The zero-order valence-electron chi connectivity index (χ0n) is 12.7. The minimum atomic E-state index is -0.296. The molecule has 2 rings (SSSR count). The predicted molar refractivity (Wildman–Crippen MR) is 79.9 cm³/mol. The largest absolute Gasteiger partial charge is 0.384 e. The molecule has 0 radical (unpaired) electrons. The Morgan fingerprint density at radius 3 is 2.50 bits per heavy atom. The molecule has 20 heavy (non-hydrogen) atoms. The summed E-state index contributed by atoms with van der Waals surface area (Å²) in [5.74, 6) is -0.212. The van der Waals surface area contributed by atoms with E-state index in [0.717, 1.165) is 24.0 Å². The maximum atomic E-state index is 12.8. The number of nitrogens with zero attached hydrogens (tertiary/aromatic N) is 1. The van der Waals surface area contributed by atoms with Crippen LogP contribution in [0.3, 0.4) is 0 Å². The van der Waals surface area contributed by atoms with E-state index >= 15 is 0 Å². The first-order chi connectivity index (χ1) is 9.47. The summed E-state index contributed by atoms with van der Waals surface area (Å²) >= 11 is 0. The summed E-state index contributed by atoms with van der Waals surface area (Å²) in [6, 6.07) is 9.89. The molecule has 1 aromatic carbocycles. The fourth-order valence-corrected chi connectivity index (χ4v) is 2.77. The fraction of sp³-hybridized carbons (Fsp3) is 0.471. The van der Waals surface area contributed by atoms with Crippen molar-refractivity contribution in [2.75, 3.05) is 0 Å². The molecule has 108 valence electrons. The molecule has 0 aliphatic carbocycles. The first kappa shape index (κ1) is 14.6. The number of amides is 1. The molecule has 1 unspecified atom stereocenters. The van der Waals surface area contributed by atoms with Crippen molar-refractivity contribution in [1.29, 1.82) is 0 Å². The van der Waals surface area contributed by atoms with Gasteiger partial charge in [-0.25, -0.2) is 0 Å². The Hall–Kier alpha value is -1.77. The highest BCUT2D eigenvalue weighted by Gasteiger charge is 2.39. The van der Waals surface area contributed by atoms with Crippen LogP contribution in [0.1, 0.15) is 52.0 Å². The van der Waals surface area contributed by atoms with Crippen LogP contribution in [0, 0.1) is 0 Å². The maximum Gasteiger partial charge on any atom is 0.267 e. The summed E-state index contributed by atoms with van der Waals surface area (Å²) in [6.45, 7) is 8.15. The number of benzene rings is 1. The van der Waals surface area contributed by atoms with E-state index in [1.165, 1.54) is 0 Å². The Morgan fingerprint density at radius 1 is 1.25 bits per heavy atom. The van der Waals surface area contributed by atoms with Crippen molar-refractivity contribution in [2.45, 2.75) is 52.0 Å².